The summed E-state index contributed by atoms with van der Waals surface area (Å²) < 4.78 is 5.73. The third-order valence-corrected chi connectivity index (χ3v) is 3.99. The van der Waals surface area contributed by atoms with Crippen LogP contribution in [0.15, 0.2) is 23.1 Å². The van der Waals surface area contributed by atoms with E-state index in [0.29, 0.717) is 17.3 Å². The van der Waals surface area contributed by atoms with Crippen molar-refractivity contribution in [3.05, 3.63) is 23.8 Å². The van der Waals surface area contributed by atoms with Gasteiger partial charge >= 0.3 is 5.97 Å². The van der Waals surface area contributed by atoms with Gasteiger partial charge in [0.2, 0.25) is 0 Å². The van der Waals surface area contributed by atoms with Crippen LogP contribution in [0.3, 0.4) is 0 Å². The number of hydrogen-bond donors (Lipinski definition) is 1. The molecule has 5 heteroatoms. The summed E-state index contributed by atoms with van der Waals surface area (Å²) in [6, 6.07) is 5.31. The minimum absolute atomic E-state index is 0.162. The van der Waals surface area contributed by atoms with Crippen molar-refractivity contribution in [1.29, 1.82) is 0 Å². The molecule has 0 aromatic heterocycles. The van der Waals surface area contributed by atoms with Crippen LogP contribution in [-0.4, -0.2) is 48.5 Å². The topological polar surface area (TPSA) is 49.8 Å². The number of thioether (sulfide) groups is 1. The van der Waals surface area contributed by atoms with E-state index < -0.39 is 5.97 Å². The van der Waals surface area contributed by atoms with Gasteiger partial charge in [-0.3, -0.25) is 0 Å². The van der Waals surface area contributed by atoms with Crippen LogP contribution in [0, 0.1) is 0 Å². The summed E-state index contributed by atoms with van der Waals surface area (Å²) in [6.45, 7) is 4.52. The van der Waals surface area contributed by atoms with E-state index in [1.54, 1.807) is 12.1 Å². The van der Waals surface area contributed by atoms with Crippen LogP contribution in [0.1, 0.15) is 24.2 Å². The zero-order valence-electron chi connectivity index (χ0n) is 12.1. The molecule has 4 nitrogen and oxygen atoms in total. The summed E-state index contributed by atoms with van der Waals surface area (Å²) in [6.07, 6.45) is 1.86. The largest absolute Gasteiger partial charge is 0.491 e. The Bertz CT molecular complexity index is 458. The van der Waals surface area contributed by atoms with E-state index in [1.165, 1.54) is 11.8 Å². The van der Waals surface area contributed by atoms with E-state index >= 15 is 0 Å². The smallest absolute Gasteiger partial charge is 0.340 e. The summed E-state index contributed by atoms with van der Waals surface area (Å²) in [5.41, 5.74) is 0.0788. The van der Waals surface area contributed by atoms with Gasteiger partial charge < -0.3 is 14.7 Å². The van der Waals surface area contributed by atoms with Crippen LogP contribution in [-0.2, 0) is 0 Å². The third kappa shape index (κ3) is 3.88. The molecule has 0 saturated carbocycles. The van der Waals surface area contributed by atoms with Crippen molar-refractivity contribution in [1.82, 2.24) is 4.90 Å². The zero-order valence-corrected chi connectivity index (χ0v) is 12.9. The highest BCUT2D eigenvalue weighted by atomic mass is 32.2. The number of likely N-dealkylation sites (N-methyl/N-ethyl adjacent to an activating group) is 1. The fraction of sp³-hybridized carbons (Fsp3) is 0.500. The van der Waals surface area contributed by atoms with Gasteiger partial charge in [-0.05, 0) is 46.3 Å². The van der Waals surface area contributed by atoms with Crippen molar-refractivity contribution in [2.75, 3.05) is 27.0 Å². The minimum atomic E-state index is -0.956. The van der Waals surface area contributed by atoms with Crippen molar-refractivity contribution in [2.24, 2.45) is 0 Å². The standard InChI is InChI=1S/C14H21NO3S/c1-14(2,15(3)4)9-18-10-7-6-8-11(19-5)12(10)13(16)17/h6-8H,9H2,1-5H3,(H,16,17). The maximum absolute atomic E-state index is 11.4. The molecule has 0 bridgehead atoms. The normalized spacial score (nSPS) is 11.7. The van der Waals surface area contributed by atoms with E-state index in [0.717, 1.165) is 0 Å². The molecule has 0 fully saturated rings. The Morgan fingerprint density at radius 1 is 1.42 bits per heavy atom. The van der Waals surface area contributed by atoms with Crippen molar-refractivity contribution in [2.45, 2.75) is 24.3 Å². The Labute approximate surface area is 118 Å². The number of hydrogen-bond acceptors (Lipinski definition) is 4. The Hall–Kier alpha value is -1.20. The molecule has 0 radical (unpaired) electrons. The Morgan fingerprint density at radius 2 is 2.05 bits per heavy atom. The highest BCUT2D eigenvalue weighted by molar-refractivity contribution is 7.98. The fourth-order valence-corrected chi connectivity index (χ4v) is 2.00. The molecule has 0 aliphatic carbocycles. The number of carboxylic acids is 1. The maximum Gasteiger partial charge on any atom is 0.340 e. The van der Waals surface area contributed by atoms with Gasteiger partial charge in [0.25, 0.3) is 0 Å². The predicted octanol–water partition coefficient (Wildman–Crippen LogP) is 2.83. The van der Waals surface area contributed by atoms with E-state index in [-0.39, 0.29) is 11.1 Å². The van der Waals surface area contributed by atoms with Crippen LogP contribution in [0.2, 0.25) is 0 Å². The lowest BCUT2D eigenvalue weighted by molar-refractivity contribution is 0.0680. The number of ether oxygens (including phenoxy) is 1. The monoisotopic (exact) mass is 283 g/mol. The lowest BCUT2D eigenvalue weighted by Crippen LogP contribution is -2.43. The summed E-state index contributed by atoms with van der Waals surface area (Å²) in [4.78, 5) is 14.1. The lowest BCUT2D eigenvalue weighted by atomic mass is 10.1. The molecular weight excluding hydrogens is 262 g/mol. The molecule has 0 atom stereocenters. The number of carboxylic acid groups (broad SMARTS) is 1. The summed E-state index contributed by atoms with van der Waals surface area (Å²) in [5, 5.41) is 9.31. The van der Waals surface area contributed by atoms with Crippen LogP contribution in [0.25, 0.3) is 0 Å². The molecule has 1 aromatic carbocycles. The number of aromatic carboxylic acids is 1. The highest BCUT2D eigenvalue weighted by Gasteiger charge is 2.23. The summed E-state index contributed by atoms with van der Waals surface area (Å²) >= 11 is 1.41. The lowest BCUT2D eigenvalue weighted by Gasteiger charge is -2.32. The third-order valence-electron chi connectivity index (χ3n) is 3.21. The Balaban J connectivity index is 2.99. The van der Waals surface area contributed by atoms with Crippen LogP contribution < -0.4 is 4.74 Å². The zero-order chi connectivity index (χ0) is 14.6. The molecule has 1 rings (SSSR count). The Morgan fingerprint density at radius 3 is 2.53 bits per heavy atom. The van der Waals surface area contributed by atoms with Crippen molar-refractivity contribution in [3.8, 4) is 5.75 Å². The first-order valence-electron chi connectivity index (χ1n) is 6.00. The van der Waals surface area contributed by atoms with Gasteiger partial charge in [-0.1, -0.05) is 6.07 Å². The number of carbonyl (C=O) groups is 1. The fourth-order valence-electron chi connectivity index (χ4n) is 1.40. The van der Waals surface area contributed by atoms with Gasteiger partial charge in [0.15, 0.2) is 0 Å². The molecule has 0 saturated heterocycles. The molecule has 0 amide bonds. The van der Waals surface area contributed by atoms with Gasteiger partial charge in [-0.2, -0.15) is 0 Å². The van der Waals surface area contributed by atoms with E-state index in [4.69, 9.17) is 4.74 Å². The molecule has 0 aliphatic heterocycles. The molecule has 106 valence electrons. The van der Waals surface area contributed by atoms with Gasteiger partial charge in [-0.15, -0.1) is 11.8 Å². The average Bonchev–Trinajstić information content (AvgIpc) is 2.35. The molecule has 19 heavy (non-hydrogen) atoms. The van der Waals surface area contributed by atoms with Gasteiger partial charge in [0, 0.05) is 10.4 Å². The van der Waals surface area contributed by atoms with Crippen molar-refractivity contribution < 1.29 is 14.6 Å². The molecule has 0 spiro atoms. The molecule has 0 aliphatic rings. The van der Waals surface area contributed by atoms with E-state index in [1.807, 2.05) is 45.2 Å². The van der Waals surface area contributed by atoms with E-state index in [9.17, 15) is 9.90 Å². The maximum atomic E-state index is 11.4. The second-order valence-electron chi connectivity index (χ2n) is 5.13. The van der Waals surface area contributed by atoms with Crippen LogP contribution in [0.5, 0.6) is 5.75 Å². The van der Waals surface area contributed by atoms with Gasteiger partial charge in [0.1, 0.15) is 17.9 Å². The highest BCUT2D eigenvalue weighted by Crippen LogP contribution is 2.29. The van der Waals surface area contributed by atoms with Gasteiger partial charge in [-0.25, -0.2) is 4.79 Å². The summed E-state index contributed by atoms with van der Waals surface area (Å²) in [7, 11) is 3.94. The molecule has 1 N–H and O–H groups in total. The van der Waals surface area contributed by atoms with Crippen LogP contribution in [0.4, 0.5) is 0 Å². The first-order valence-corrected chi connectivity index (χ1v) is 7.22. The Kier molecular flexibility index (Phi) is 5.26. The number of nitrogens with zero attached hydrogens (tertiary/aromatic N) is 1. The van der Waals surface area contributed by atoms with Crippen LogP contribution >= 0.6 is 11.8 Å². The molecule has 0 unspecified atom stereocenters. The quantitative estimate of drug-likeness (QED) is 0.814. The molecule has 1 aromatic rings. The van der Waals surface area contributed by atoms with Gasteiger partial charge in [0.05, 0.1) is 0 Å². The first kappa shape index (κ1) is 15.9. The van der Waals surface area contributed by atoms with Crippen molar-refractivity contribution >= 4 is 17.7 Å². The minimum Gasteiger partial charge on any atom is -0.491 e. The molecular formula is C14H21NO3S. The van der Waals surface area contributed by atoms with Crippen molar-refractivity contribution in [3.63, 3.8) is 0 Å². The number of rotatable bonds is 6. The SMILES string of the molecule is CSc1cccc(OCC(C)(C)N(C)C)c1C(=O)O. The average molecular weight is 283 g/mol. The second-order valence-corrected chi connectivity index (χ2v) is 5.98. The predicted molar refractivity (Wildman–Crippen MR) is 78.4 cm³/mol. The second kappa shape index (κ2) is 6.30. The first-order chi connectivity index (χ1) is 8.79. The molecule has 0 heterocycles. The summed E-state index contributed by atoms with van der Waals surface area (Å²) in [5.74, 6) is -0.531. The number of benzene rings is 1. The van der Waals surface area contributed by atoms with E-state index in [2.05, 4.69) is 0 Å².